The van der Waals surface area contributed by atoms with Crippen molar-refractivity contribution < 1.29 is 10.2 Å². The Morgan fingerprint density at radius 2 is 1.06 bits per heavy atom. The fraction of sp³-hybridized carbons (Fsp3) is 0.286. The molecule has 6 bridgehead atoms. The van der Waals surface area contributed by atoms with E-state index in [0.29, 0.717) is 35.6 Å². The van der Waals surface area contributed by atoms with Crippen LogP contribution < -0.4 is 0 Å². The summed E-state index contributed by atoms with van der Waals surface area (Å²) in [5.41, 5.74) is 6.83. The monoisotopic (exact) mass is 454 g/mol. The molecule has 0 radical (unpaired) electrons. The SMILES string of the molecule is Cc1cc2c(O)c(c1)CN1CCN(CC1)Cc1cc(C)cc(c1O)C=Nc1ccccc1N=C2. The van der Waals surface area contributed by atoms with Gasteiger partial charge < -0.3 is 10.2 Å². The van der Waals surface area contributed by atoms with Crippen molar-refractivity contribution in [3.8, 4) is 11.5 Å². The maximum atomic E-state index is 11.0. The summed E-state index contributed by atoms with van der Waals surface area (Å²) in [6, 6.07) is 15.7. The molecule has 1 saturated heterocycles. The Morgan fingerprint density at radius 1 is 0.647 bits per heavy atom. The van der Waals surface area contributed by atoms with Gasteiger partial charge in [-0.15, -0.1) is 0 Å². The Bertz CT molecular complexity index is 1180. The van der Waals surface area contributed by atoms with Gasteiger partial charge in [-0.1, -0.05) is 24.3 Å². The average molecular weight is 455 g/mol. The molecule has 34 heavy (non-hydrogen) atoms. The van der Waals surface area contributed by atoms with Gasteiger partial charge >= 0.3 is 0 Å². The van der Waals surface area contributed by atoms with E-state index in [1.165, 1.54) is 0 Å². The van der Waals surface area contributed by atoms with Crippen molar-refractivity contribution in [2.24, 2.45) is 9.98 Å². The van der Waals surface area contributed by atoms with Crippen LogP contribution in [0.5, 0.6) is 11.5 Å². The first-order valence-corrected chi connectivity index (χ1v) is 11.7. The van der Waals surface area contributed by atoms with Gasteiger partial charge in [-0.05, 0) is 49.2 Å². The van der Waals surface area contributed by atoms with Crippen molar-refractivity contribution in [1.29, 1.82) is 0 Å². The number of hydrogen-bond donors (Lipinski definition) is 2. The highest BCUT2D eigenvalue weighted by Gasteiger charge is 2.21. The minimum Gasteiger partial charge on any atom is -0.507 e. The van der Waals surface area contributed by atoms with Crippen molar-refractivity contribution in [3.63, 3.8) is 0 Å². The molecule has 0 spiro atoms. The third-order valence-corrected chi connectivity index (χ3v) is 6.55. The van der Waals surface area contributed by atoms with Gasteiger partial charge in [0, 0.05) is 74.0 Å². The van der Waals surface area contributed by atoms with E-state index in [1.54, 1.807) is 12.4 Å². The Kier molecular flexibility index (Phi) is 6.18. The van der Waals surface area contributed by atoms with Crippen LogP contribution in [0, 0.1) is 13.8 Å². The third-order valence-electron chi connectivity index (χ3n) is 6.55. The summed E-state index contributed by atoms with van der Waals surface area (Å²) in [6.45, 7) is 9.12. The van der Waals surface area contributed by atoms with E-state index in [4.69, 9.17) is 0 Å². The third kappa shape index (κ3) is 4.74. The Balaban J connectivity index is 1.61. The van der Waals surface area contributed by atoms with E-state index in [-0.39, 0.29) is 11.5 Å². The van der Waals surface area contributed by atoms with Crippen molar-refractivity contribution in [2.45, 2.75) is 26.9 Å². The standard InChI is InChI=1S/C28H30N4O2/c1-19-11-21-15-29-25-5-3-4-6-26(25)30-16-22-12-20(2)14-24(28(22)34)18-32-9-7-31(8-10-32)17-23(13-19)27(21)33/h3-6,11-16,33-34H,7-10,17-18H2,1-2H3. The van der Waals surface area contributed by atoms with Crippen molar-refractivity contribution >= 4 is 23.8 Å². The van der Waals surface area contributed by atoms with E-state index < -0.39 is 0 Å². The van der Waals surface area contributed by atoms with Crippen LogP contribution in [-0.4, -0.2) is 58.6 Å². The highest BCUT2D eigenvalue weighted by molar-refractivity contribution is 5.90. The van der Waals surface area contributed by atoms with Gasteiger partial charge in [-0.25, -0.2) is 0 Å². The van der Waals surface area contributed by atoms with Crippen LogP contribution in [0.2, 0.25) is 0 Å². The fourth-order valence-corrected chi connectivity index (χ4v) is 4.75. The minimum absolute atomic E-state index is 0.286. The lowest BCUT2D eigenvalue weighted by molar-refractivity contribution is 0.120. The van der Waals surface area contributed by atoms with Gasteiger partial charge in [0.2, 0.25) is 0 Å². The molecule has 6 rings (SSSR count). The van der Waals surface area contributed by atoms with Crippen LogP contribution in [0.1, 0.15) is 33.4 Å². The second-order valence-electron chi connectivity index (χ2n) is 9.28. The lowest BCUT2D eigenvalue weighted by Crippen LogP contribution is -2.45. The zero-order chi connectivity index (χ0) is 23.7. The molecule has 6 nitrogen and oxygen atoms in total. The van der Waals surface area contributed by atoms with E-state index in [9.17, 15) is 10.2 Å². The number of phenolic OH excluding ortho intramolecular Hbond substituents is 2. The van der Waals surface area contributed by atoms with Crippen LogP contribution >= 0.6 is 0 Å². The number of para-hydroxylation sites is 2. The van der Waals surface area contributed by atoms with Crippen LogP contribution in [-0.2, 0) is 13.1 Å². The molecular weight excluding hydrogens is 424 g/mol. The average Bonchev–Trinajstić information content (AvgIpc) is 2.82. The first-order valence-electron chi connectivity index (χ1n) is 11.7. The van der Waals surface area contributed by atoms with Crippen LogP contribution in [0.4, 0.5) is 11.4 Å². The maximum absolute atomic E-state index is 11.0. The van der Waals surface area contributed by atoms with Gasteiger partial charge in [0.25, 0.3) is 0 Å². The molecule has 3 aromatic rings. The largest absolute Gasteiger partial charge is 0.507 e. The summed E-state index contributed by atoms with van der Waals surface area (Å²) in [6.07, 6.45) is 3.42. The second kappa shape index (κ2) is 9.41. The van der Waals surface area contributed by atoms with E-state index >= 15 is 0 Å². The first-order chi connectivity index (χ1) is 16.5. The van der Waals surface area contributed by atoms with E-state index in [0.717, 1.165) is 48.4 Å². The Morgan fingerprint density at radius 3 is 1.47 bits per heavy atom. The van der Waals surface area contributed by atoms with Gasteiger partial charge in [0.05, 0.1) is 11.4 Å². The molecule has 3 heterocycles. The molecule has 0 amide bonds. The number of fused-ring (bicyclic) bond motifs is 2. The zero-order valence-corrected chi connectivity index (χ0v) is 19.7. The lowest BCUT2D eigenvalue weighted by Gasteiger charge is -2.35. The summed E-state index contributed by atoms with van der Waals surface area (Å²) < 4.78 is 0. The molecule has 0 aromatic heterocycles. The molecule has 0 aliphatic carbocycles. The quantitative estimate of drug-likeness (QED) is 0.510. The maximum Gasteiger partial charge on any atom is 0.128 e. The Labute approximate surface area is 200 Å². The zero-order valence-electron chi connectivity index (χ0n) is 19.7. The molecule has 3 aromatic carbocycles. The highest BCUT2D eigenvalue weighted by atomic mass is 16.3. The van der Waals surface area contributed by atoms with Crippen LogP contribution in [0.3, 0.4) is 0 Å². The fourth-order valence-electron chi connectivity index (χ4n) is 4.75. The van der Waals surface area contributed by atoms with Gasteiger partial charge in [0.1, 0.15) is 11.5 Å². The normalized spacial score (nSPS) is 19.9. The lowest BCUT2D eigenvalue weighted by atomic mass is 10.0. The molecule has 1 fully saturated rings. The summed E-state index contributed by atoms with van der Waals surface area (Å²) in [4.78, 5) is 14.1. The summed E-state index contributed by atoms with van der Waals surface area (Å²) >= 11 is 0. The van der Waals surface area contributed by atoms with Gasteiger partial charge in [-0.2, -0.15) is 0 Å². The predicted molar refractivity (Wildman–Crippen MR) is 137 cm³/mol. The van der Waals surface area contributed by atoms with Crippen molar-refractivity contribution in [2.75, 3.05) is 26.2 Å². The number of aryl methyl sites for hydroxylation is 2. The van der Waals surface area contributed by atoms with Gasteiger partial charge in [-0.3, -0.25) is 19.8 Å². The molecule has 0 saturated carbocycles. The van der Waals surface area contributed by atoms with E-state index in [2.05, 4.69) is 31.9 Å². The molecule has 3 aliphatic rings. The molecule has 174 valence electrons. The number of benzene rings is 3. The smallest absolute Gasteiger partial charge is 0.128 e. The van der Waals surface area contributed by atoms with Crippen molar-refractivity contribution in [3.05, 3.63) is 81.9 Å². The summed E-state index contributed by atoms with van der Waals surface area (Å²) in [7, 11) is 0. The number of rotatable bonds is 0. The molecule has 3 aliphatic heterocycles. The van der Waals surface area contributed by atoms with Crippen molar-refractivity contribution in [1.82, 2.24) is 9.80 Å². The van der Waals surface area contributed by atoms with Gasteiger partial charge in [0.15, 0.2) is 0 Å². The highest BCUT2D eigenvalue weighted by Crippen LogP contribution is 2.31. The topological polar surface area (TPSA) is 71.7 Å². The number of aliphatic imine (C=N–C) groups is 2. The number of phenols is 2. The summed E-state index contributed by atoms with van der Waals surface area (Å²) in [5, 5.41) is 22.0. The van der Waals surface area contributed by atoms with Crippen LogP contribution in [0.25, 0.3) is 0 Å². The molecule has 0 atom stereocenters. The van der Waals surface area contributed by atoms with Crippen LogP contribution in [0.15, 0.2) is 58.5 Å². The number of hydrogen-bond acceptors (Lipinski definition) is 6. The number of nitrogens with zero attached hydrogens (tertiary/aromatic N) is 4. The Hall–Kier alpha value is -3.48. The second-order valence-corrected chi connectivity index (χ2v) is 9.28. The molecule has 0 unspecified atom stereocenters. The molecular formula is C28H30N4O2. The number of aromatic hydroxyl groups is 2. The first kappa shape index (κ1) is 22.3. The number of piperazine rings is 1. The molecule has 2 N–H and O–H groups in total. The molecule has 6 heteroatoms. The summed E-state index contributed by atoms with van der Waals surface area (Å²) in [5.74, 6) is 0.573. The minimum atomic E-state index is 0.286. The predicted octanol–water partition coefficient (Wildman–Crippen LogP) is 4.85. The van der Waals surface area contributed by atoms with E-state index in [1.807, 2.05) is 50.2 Å².